The topological polar surface area (TPSA) is 81.4 Å². The number of likely N-dealkylation sites (tertiary alicyclic amines) is 1. The number of nitrogens with zero attached hydrogens (tertiary/aromatic N) is 4. The van der Waals surface area contributed by atoms with Gasteiger partial charge in [-0.25, -0.2) is 4.98 Å². The van der Waals surface area contributed by atoms with E-state index in [-0.39, 0.29) is 12.0 Å². The first-order valence-electron chi connectivity index (χ1n) is 10.4. The molecule has 0 saturated carbocycles. The van der Waals surface area contributed by atoms with E-state index in [0.29, 0.717) is 36.1 Å². The van der Waals surface area contributed by atoms with Crippen LogP contribution in [0, 0.1) is 6.92 Å². The van der Waals surface area contributed by atoms with Gasteiger partial charge in [-0.1, -0.05) is 35.5 Å². The maximum Gasteiger partial charge on any atom is 0.254 e. The third-order valence-corrected chi connectivity index (χ3v) is 5.46. The lowest BCUT2D eigenvalue weighted by molar-refractivity contribution is 0.0527. The number of hydrogen-bond donors (Lipinski definition) is 0. The van der Waals surface area contributed by atoms with Gasteiger partial charge in [0.05, 0.1) is 11.9 Å². The van der Waals surface area contributed by atoms with Gasteiger partial charge >= 0.3 is 0 Å². The Balaban J connectivity index is 1.36. The summed E-state index contributed by atoms with van der Waals surface area (Å²) in [5.41, 5.74) is 2.28. The Morgan fingerprint density at radius 1 is 1.16 bits per heavy atom. The Kier molecular flexibility index (Phi) is 5.08. The van der Waals surface area contributed by atoms with Crippen LogP contribution < -0.4 is 4.74 Å². The summed E-state index contributed by atoms with van der Waals surface area (Å²) in [5.74, 6) is 1.86. The van der Waals surface area contributed by atoms with Crippen LogP contribution in [0.1, 0.15) is 29.0 Å². The number of hydrogen-bond acceptors (Lipinski definition) is 6. The first-order chi connectivity index (χ1) is 15.2. The molecule has 4 aromatic rings. The van der Waals surface area contributed by atoms with Gasteiger partial charge in [-0.05, 0) is 38.0 Å². The van der Waals surface area contributed by atoms with Crippen molar-refractivity contribution in [1.82, 2.24) is 20.0 Å². The summed E-state index contributed by atoms with van der Waals surface area (Å²) in [5, 5.41) is 4.97. The molecule has 3 heterocycles. The van der Waals surface area contributed by atoms with Gasteiger partial charge in [-0.3, -0.25) is 4.79 Å². The van der Waals surface area contributed by atoms with Crippen molar-refractivity contribution in [2.75, 3.05) is 13.1 Å². The van der Waals surface area contributed by atoms with Gasteiger partial charge in [-0.2, -0.15) is 4.98 Å². The number of fused-ring (bicyclic) bond motifs is 1. The van der Waals surface area contributed by atoms with E-state index < -0.39 is 0 Å². The molecule has 1 unspecified atom stereocenters. The fraction of sp³-hybridized carbons (Fsp3) is 0.250. The molecule has 1 amide bonds. The number of benzene rings is 2. The number of carbonyl (C=O) groups is 1. The zero-order valence-electron chi connectivity index (χ0n) is 17.2. The van der Waals surface area contributed by atoms with E-state index in [0.717, 1.165) is 29.3 Å². The van der Waals surface area contributed by atoms with Gasteiger partial charge in [0.25, 0.3) is 5.91 Å². The van der Waals surface area contributed by atoms with Crippen LogP contribution in [0.15, 0.2) is 65.3 Å². The number of rotatable bonds is 4. The van der Waals surface area contributed by atoms with Crippen molar-refractivity contribution < 1.29 is 14.1 Å². The predicted molar refractivity (Wildman–Crippen MR) is 116 cm³/mol. The molecule has 1 aliphatic heterocycles. The lowest BCUT2D eigenvalue weighted by Gasteiger charge is -2.32. The summed E-state index contributed by atoms with van der Waals surface area (Å²) < 4.78 is 11.6. The Bertz CT molecular complexity index is 1220. The van der Waals surface area contributed by atoms with E-state index in [9.17, 15) is 4.79 Å². The molecule has 1 saturated heterocycles. The van der Waals surface area contributed by atoms with Gasteiger partial charge < -0.3 is 14.2 Å². The van der Waals surface area contributed by atoms with E-state index in [2.05, 4.69) is 15.1 Å². The van der Waals surface area contributed by atoms with Crippen molar-refractivity contribution in [3.8, 4) is 17.2 Å². The highest BCUT2D eigenvalue weighted by Gasteiger charge is 2.26. The molecule has 5 rings (SSSR count). The van der Waals surface area contributed by atoms with Crippen molar-refractivity contribution in [3.63, 3.8) is 0 Å². The third kappa shape index (κ3) is 3.99. The molecule has 2 aromatic heterocycles. The minimum absolute atomic E-state index is 0.0192. The zero-order chi connectivity index (χ0) is 21.2. The lowest BCUT2D eigenvalue weighted by Crippen LogP contribution is -2.44. The number of aromatic nitrogens is 3. The van der Waals surface area contributed by atoms with Crippen molar-refractivity contribution >= 4 is 16.8 Å². The number of ether oxygens (including phenoxy) is 1. The number of amides is 1. The van der Waals surface area contributed by atoms with Crippen molar-refractivity contribution in [1.29, 1.82) is 0 Å². The van der Waals surface area contributed by atoms with Gasteiger partial charge in [0.1, 0.15) is 17.4 Å². The molecule has 2 aromatic carbocycles. The summed E-state index contributed by atoms with van der Waals surface area (Å²) in [4.78, 5) is 23.5. The molecule has 1 fully saturated rings. The van der Waals surface area contributed by atoms with Gasteiger partial charge in [0, 0.05) is 29.9 Å². The summed E-state index contributed by atoms with van der Waals surface area (Å²) >= 11 is 0. The maximum absolute atomic E-state index is 13.3. The molecule has 31 heavy (non-hydrogen) atoms. The van der Waals surface area contributed by atoms with Crippen LogP contribution in [0.3, 0.4) is 0 Å². The molecule has 0 aliphatic carbocycles. The largest absolute Gasteiger partial charge is 0.472 e. The first-order valence-corrected chi connectivity index (χ1v) is 10.4. The molecule has 1 atom stereocenters. The smallest absolute Gasteiger partial charge is 0.254 e. The normalized spacial score (nSPS) is 16.4. The average Bonchev–Trinajstić information content (AvgIpc) is 3.23. The maximum atomic E-state index is 13.3. The number of aryl methyl sites for hydroxylation is 1. The highest BCUT2D eigenvalue weighted by atomic mass is 16.5. The van der Waals surface area contributed by atoms with Crippen LogP contribution in [0.25, 0.3) is 22.2 Å². The van der Waals surface area contributed by atoms with Crippen LogP contribution in [0.2, 0.25) is 0 Å². The first kappa shape index (κ1) is 19.2. The highest BCUT2D eigenvalue weighted by molar-refractivity contribution is 6.01. The molecule has 7 heteroatoms. The number of piperidine rings is 1. The minimum atomic E-state index is -0.0915. The fourth-order valence-corrected chi connectivity index (χ4v) is 3.94. The van der Waals surface area contributed by atoms with Crippen LogP contribution in [0.5, 0.6) is 5.88 Å². The SMILES string of the molecule is Cc1nccc(OC2CCCN(C(=O)c3ccc4noc(-c5ccccc5)c4c3)C2)n1. The molecule has 0 spiro atoms. The zero-order valence-corrected chi connectivity index (χ0v) is 17.2. The molecule has 7 nitrogen and oxygen atoms in total. The molecular formula is C24H22N4O3. The summed E-state index contributed by atoms with van der Waals surface area (Å²) in [7, 11) is 0. The van der Waals surface area contributed by atoms with E-state index in [1.54, 1.807) is 18.3 Å². The molecular weight excluding hydrogens is 392 g/mol. The Labute approximate surface area is 179 Å². The van der Waals surface area contributed by atoms with Crippen LogP contribution in [-0.2, 0) is 0 Å². The fourth-order valence-electron chi connectivity index (χ4n) is 3.94. The van der Waals surface area contributed by atoms with Crippen molar-refractivity contribution in [3.05, 3.63) is 72.2 Å². The molecule has 156 valence electrons. The molecule has 0 radical (unpaired) electrons. The van der Waals surface area contributed by atoms with Crippen LogP contribution in [0.4, 0.5) is 0 Å². The van der Waals surface area contributed by atoms with Gasteiger partial charge in [0.15, 0.2) is 5.76 Å². The summed E-state index contributed by atoms with van der Waals surface area (Å²) in [6, 6.07) is 17.0. The Hall–Kier alpha value is -3.74. The van der Waals surface area contributed by atoms with E-state index in [4.69, 9.17) is 9.26 Å². The average molecular weight is 414 g/mol. The van der Waals surface area contributed by atoms with E-state index >= 15 is 0 Å². The minimum Gasteiger partial charge on any atom is -0.472 e. The second-order valence-electron chi connectivity index (χ2n) is 7.69. The second kappa shape index (κ2) is 8.18. The van der Waals surface area contributed by atoms with Crippen LogP contribution in [-0.4, -0.2) is 45.1 Å². The van der Waals surface area contributed by atoms with Gasteiger partial charge in [-0.15, -0.1) is 0 Å². The highest BCUT2D eigenvalue weighted by Crippen LogP contribution is 2.30. The van der Waals surface area contributed by atoms with E-state index in [1.807, 2.05) is 54.3 Å². The quantitative estimate of drug-likeness (QED) is 0.496. The van der Waals surface area contributed by atoms with Crippen molar-refractivity contribution in [2.45, 2.75) is 25.9 Å². The summed E-state index contributed by atoms with van der Waals surface area (Å²) in [6.45, 7) is 3.05. The predicted octanol–water partition coefficient (Wildman–Crippen LogP) is 4.28. The van der Waals surface area contributed by atoms with Crippen LogP contribution >= 0.6 is 0 Å². The Morgan fingerprint density at radius 2 is 2.03 bits per heavy atom. The standard InChI is InChI=1S/C24H22N4O3/c1-16-25-12-11-22(26-16)30-19-8-5-13-28(15-19)24(29)18-9-10-21-20(14-18)23(31-27-21)17-6-3-2-4-7-17/h2-4,6-7,9-12,14,19H,5,8,13,15H2,1H3. The monoisotopic (exact) mass is 414 g/mol. The molecule has 0 bridgehead atoms. The molecule has 1 aliphatic rings. The third-order valence-electron chi connectivity index (χ3n) is 5.46. The van der Waals surface area contributed by atoms with E-state index in [1.165, 1.54) is 0 Å². The van der Waals surface area contributed by atoms with Gasteiger partial charge in [0.2, 0.25) is 5.88 Å². The van der Waals surface area contributed by atoms with Crippen molar-refractivity contribution in [2.24, 2.45) is 0 Å². The number of carbonyl (C=O) groups excluding carboxylic acids is 1. The molecule has 0 N–H and O–H groups in total. The Morgan fingerprint density at radius 3 is 2.87 bits per heavy atom. The second-order valence-corrected chi connectivity index (χ2v) is 7.69. The summed E-state index contributed by atoms with van der Waals surface area (Å²) in [6.07, 6.45) is 3.36. The lowest BCUT2D eigenvalue weighted by atomic mass is 10.0.